The highest BCUT2D eigenvalue weighted by Gasteiger charge is 2.41. The molecule has 0 aromatic heterocycles. The Labute approximate surface area is 197 Å². The number of benzene rings is 1. The van der Waals surface area contributed by atoms with Gasteiger partial charge >= 0.3 is 0 Å². The number of fused-ring (bicyclic) bond motifs is 2. The van der Waals surface area contributed by atoms with Crippen molar-refractivity contribution in [3.8, 4) is 5.75 Å². The summed E-state index contributed by atoms with van der Waals surface area (Å²) in [4.78, 5) is 5.04. The fourth-order valence-corrected chi connectivity index (χ4v) is 4.89. The second-order valence-electron chi connectivity index (χ2n) is 8.41. The van der Waals surface area contributed by atoms with Gasteiger partial charge in [-0.1, -0.05) is 12.1 Å². The van der Waals surface area contributed by atoms with E-state index >= 15 is 0 Å². The van der Waals surface area contributed by atoms with E-state index in [9.17, 15) is 0 Å². The minimum absolute atomic E-state index is 0. The number of hydrogen-bond acceptors (Lipinski definition) is 4. The third kappa shape index (κ3) is 5.40. The maximum atomic E-state index is 6.00. The molecule has 6 nitrogen and oxygen atoms in total. The summed E-state index contributed by atoms with van der Waals surface area (Å²) in [6.07, 6.45) is 6.21. The smallest absolute Gasteiger partial charge is 0.191 e. The van der Waals surface area contributed by atoms with Crippen LogP contribution in [-0.2, 0) is 14.9 Å². The van der Waals surface area contributed by atoms with Crippen molar-refractivity contribution in [3.63, 3.8) is 0 Å². The van der Waals surface area contributed by atoms with Gasteiger partial charge in [0.1, 0.15) is 5.75 Å². The lowest BCUT2D eigenvalue weighted by atomic mass is 9.74. The van der Waals surface area contributed by atoms with E-state index < -0.39 is 0 Å². The van der Waals surface area contributed by atoms with E-state index in [2.05, 4.69) is 41.8 Å². The topological polar surface area (TPSA) is 64.1 Å². The highest BCUT2D eigenvalue weighted by Crippen LogP contribution is 2.37. The molecule has 3 aliphatic heterocycles. The van der Waals surface area contributed by atoms with Crippen LogP contribution in [0.4, 0.5) is 0 Å². The number of nitrogens with zero attached hydrogens (tertiary/aromatic N) is 1. The molecule has 168 valence electrons. The minimum atomic E-state index is 0. The van der Waals surface area contributed by atoms with E-state index in [1.165, 1.54) is 12.0 Å². The summed E-state index contributed by atoms with van der Waals surface area (Å²) in [5, 5.41) is 7.08. The van der Waals surface area contributed by atoms with Gasteiger partial charge in [-0.2, -0.15) is 0 Å². The van der Waals surface area contributed by atoms with E-state index in [0.29, 0.717) is 24.9 Å². The molecule has 0 amide bonds. The first-order valence-electron chi connectivity index (χ1n) is 11.2. The second-order valence-corrected chi connectivity index (χ2v) is 8.41. The molecule has 3 aliphatic rings. The van der Waals surface area contributed by atoms with Crippen molar-refractivity contribution in [1.29, 1.82) is 0 Å². The lowest BCUT2D eigenvalue weighted by Gasteiger charge is -2.37. The molecule has 1 aromatic rings. The van der Waals surface area contributed by atoms with Crippen molar-refractivity contribution in [3.05, 3.63) is 29.8 Å². The molecule has 3 saturated heterocycles. The molecule has 0 radical (unpaired) electrons. The number of ether oxygens (including phenoxy) is 3. The predicted octanol–water partition coefficient (Wildman–Crippen LogP) is 3.63. The summed E-state index contributed by atoms with van der Waals surface area (Å²) in [7, 11) is 0. The number of guanidine groups is 1. The van der Waals surface area contributed by atoms with E-state index in [0.717, 1.165) is 63.7 Å². The third-order valence-electron chi connectivity index (χ3n) is 6.54. The maximum absolute atomic E-state index is 6.00. The Morgan fingerprint density at radius 2 is 1.93 bits per heavy atom. The van der Waals surface area contributed by atoms with Crippen LogP contribution >= 0.6 is 24.0 Å². The van der Waals surface area contributed by atoms with Gasteiger partial charge in [-0.3, -0.25) is 4.99 Å². The average Bonchev–Trinajstić information content (AvgIpc) is 3.37. The lowest BCUT2D eigenvalue weighted by Crippen LogP contribution is -2.48. The molecular formula is C23H36IN3O3. The third-order valence-corrected chi connectivity index (χ3v) is 6.54. The molecule has 3 fully saturated rings. The molecule has 3 heterocycles. The number of aliphatic imine (C=N–C) groups is 1. The van der Waals surface area contributed by atoms with Gasteiger partial charge in [0, 0.05) is 25.2 Å². The second kappa shape index (κ2) is 11.0. The molecule has 4 rings (SSSR count). The van der Waals surface area contributed by atoms with E-state index in [4.69, 9.17) is 19.2 Å². The highest BCUT2D eigenvalue weighted by atomic mass is 127. The van der Waals surface area contributed by atoms with Crippen LogP contribution in [0.2, 0.25) is 0 Å². The number of rotatable bonds is 7. The van der Waals surface area contributed by atoms with Crippen LogP contribution in [0.25, 0.3) is 0 Å². The monoisotopic (exact) mass is 529 g/mol. The van der Waals surface area contributed by atoms with E-state index in [-0.39, 0.29) is 29.4 Å². The zero-order chi connectivity index (χ0) is 20.1. The van der Waals surface area contributed by atoms with Crippen molar-refractivity contribution >= 4 is 29.9 Å². The first-order chi connectivity index (χ1) is 14.2. The fraction of sp³-hybridized carbons (Fsp3) is 0.696. The molecule has 0 saturated carbocycles. The van der Waals surface area contributed by atoms with Crippen molar-refractivity contribution < 1.29 is 14.2 Å². The van der Waals surface area contributed by atoms with Crippen LogP contribution in [0.15, 0.2) is 29.3 Å². The molecule has 2 bridgehead atoms. The Morgan fingerprint density at radius 1 is 1.17 bits per heavy atom. The molecule has 0 aliphatic carbocycles. The maximum Gasteiger partial charge on any atom is 0.191 e. The summed E-state index contributed by atoms with van der Waals surface area (Å²) in [5.74, 6) is 1.83. The van der Waals surface area contributed by atoms with E-state index in [1.807, 2.05) is 6.92 Å². The van der Waals surface area contributed by atoms with Gasteiger partial charge in [0.25, 0.3) is 0 Å². The first-order valence-corrected chi connectivity index (χ1v) is 11.2. The normalized spacial score (nSPS) is 27.4. The zero-order valence-electron chi connectivity index (χ0n) is 18.2. The average molecular weight is 529 g/mol. The highest BCUT2D eigenvalue weighted by molar-refractivity contribution is 14.0. The first kappa shape index (κ1) is 23.6. The Balaban J connectivity index is 0.00000256. The van der Waals surface area contributed by atoms with Gasteiger partial charge in [0.2, 0.25) is 0 Å². The summed E-state index contributed by atoms with van der Waals surface area (Å²) < 4.78 is 17.3. The van der Waals surface area contributed by atoms with Crippen molar-refractivity contribution in [1.82, 2.24) is 10.6 Å². The SMILES string of the molecule is CCNC(=NCC1(c2ccc(OCC)cc2)CCOCC1)NC1CC2CCC1O2.I. The summed E-state index contributed by atoms with van der Waals surface area (Å²) >= 11 is 0. The molecule has 3 unspecified atom stereocenters. The van der Waals surface area contributed by atoms with Crippen molar-refractivity contribution in [2.75, 3.05) is 32.9 Å². The summed E-state index contributed by atoms with van der Waals surface area (Å²) in [6.45, 7) is 7.99. The van der Waals surface area contributed by atoms with E-state index in [1.54, 1.807) is 0 Å². The zero-order valence-corrected chi connectivity index (χ0v) is 20.5. The van der Waals surface area contributed by atoms with Gasteiger partial charge in [-0.25, -0.2) is 0 Å². The number of halogens is 1. The molecule has 30 heavy (non-hydrogen) atoms. The standard InChI is InChI=1S/C23H35N3O3.HI/c1-3-24-22(26-20-15-19-9-10-21(20)29-19)25-16-23(11-13-27-14-12-23)17-5-7-18(8-6-17)28-4-2;/h5-8,19-21H,3-4,9-16H2,1-2H3,(H2,24,25,26);1H. The van der Waals surface area contributed by atoms with Crippen LogP contribution in [0.3, 0.4) is 0 Å². The quantitative estimate of drug-likeness (QED) is 0.321. The largest absolute Gasteiger partial charge is 0.494 e. The van der Waals surface area contributed by atoms with Crippen LogP contribution in [0, 0.1) is 0 Å². The number of nitrogens with one attached hydrogen (secondary N) is 2. The molecule has 2 N–H and O–H groups in total. The molecule has 7 heteroatoms. The van der Waals surface area contributed by atoms with Gasteiger partial charge in [0.15, 0.2) is 5.96 Å². The van der Waals surface area contributed by atoms with Crippen molar-refractivity contribution in [2.45, 2.75) is 69.6 Å². The van der Waals surface area contributed by atoms with Gasteiger partial charge < -0.3 is 24.8 Å². The summed E-state index contributed by atoms with van der Waals surface area (Å²) in [6, 6.07) is 8.94. The predicted molar refractivity (Wildman–Crippen MR) is 130 cm³/mol. The van der Waals surface area contributed by atoms with Crippen LogP contribution in [-0.4, -0.2) is 57.1 Å². The minimum Gasteiger partial charge on any atom is -0.494 e. The molecular weight excluding hydrogens is 493 g/mol. The van der Waals surface area contributed by atoms with Crippen LogP contribution < -0.4 is 15.4 Å². The molecule has 1 aromatic carbocycles. The van der Waals surface area contributed by atoms with Crippen molar-refractivity contribution in [2.24, 2.45) is 4.99 Å². The van der Waals surface area contributed by atoms with Crippen LogP contribution in [0.1, 0.15) is 51.5 Å². The van der Waals surface area contributed by atoms with Gasteiger partial charge in [-0.05, 0) is 63.6 Å². The Kier molecular flexibility index (Phi) is 8.65. The summed E-state index contributed by atoms with van der Waals surface area (Å²) in [5.41, 5.74) is 1.34. The fourth-order valence-electron chi connectivity index (χ4n) is 4.89. The van der Waals surface area contributed by atoms with Gasteiger partial charge in [0.05, 0.1) is 31.4 Å². The molecule has 0 spiro atoms. The Hall–Kier alpha value is -1.06. The lowest BCUT2D eigenvalue weighted by molar-refractivity contribution is 0.0530. The number of hydrogen-bond donors (Lipinski definition) is 2. The van der Waals surface area contributed by atoms with Gasteiger partial charge in [-0.15, -0.1) is 24.0 Å². The Bertz CT molecular complexity index is 691. The molecule has 3 atom stereocenters. The Morgan fingerprint density at radius 3 is 2.53 bits per heavy atom. The van der Waals surface area contributed by atoms with Crippen LogP contribution in [0.5, 0.6) is 5.75 Å².